The van der Waals surface area contributed by atoms with Crippen molar-refractivity contribution in [1.82, 2.24) is 68.6 Å². The van der Waals surface area contributed by atoms with Gasteiger partial charge in [0.05, 0.1) is 28.5 Å². The molecule has 7 aromatic heterocycles. The summed E-state index contributed by atoms with van der Waals surface area (Å²) < 4.78 is 8.52. The Morgan fingerprint density at radius 3 is 1.26 bits per heavy atom. The Hall–Kier alpha value is -5.66. The van der Waals surface area contributed by atoms with E-state index in [4.69, 9.17) is 4.98 Å². The molecule has 0 N–H and O–H groups in total. The molecule has 0 atom stereocenters. The molecule has 0 saturated carbocycles. The Kier molecular flexibility index (Phi) is 14.0. The van der Waals surface area contributed by atoms with E-state index < -0.39 is 0 Å². The van der Waals surface area contributed by atoms with Crippen LogP contribution in [0.15, 0.2) is 0 Å². The third-order valence-electron chi connectivity index (χ3n) is 11.9. The minimum atomic E-state index is 0.272. The average Bonchev–Trinajstić information content (AvgIpc) is 3.94. The summed E-state index contributed by atoms with van der Waals surface area (Å²) in [6, 6.07) is 1.51. The summed E-state index contributed by atoms with van der Waals surface area (Å²) in [5.41, 5.74) is 19.0. The SMILES string of the molecule is Cc1c(C)c(C)c2c(nc(C)n2C(C)C)c1C.Cc1nc(C)c2nc(C)n(C(C)C)c2n1.Cc1nc(C)c2nnn(C(C)C)c2n1.Cc1nc2c(nc(C)n2C(C)C)c(C)c1C. The van der Waals surface area contributed by atoms with Crippen molar-refractivity contribution in [1.29, 1.82) is 0 Å². The van der Waals surface area contributed by atoms with Crippen LogP contribution in [-0.4, -0.2) is 68.6 Å². The second kappa shape index (κ2) is 18.4. The van der Waals surface area contributed by atoms with Crippen LogP contribution < -0.4 is 0 Å². The van der Waals surface area contributed by atoms with Gasteiger partial charge in [-0.05, 0) is 186 Å². The summed E-state index contributed by atoms with van der Waals surface area (Å²) in [5.74, 6) is 4.74. The number of imidazole rings is 3. The molecule has 0 bridgehead atoms. The topological polar surface area (TPSA) is 149 Å². The van der Waals surface area contributed by atoms with Crippen LogP contribution in [0.1, 0.15) is 159 Å². The molecule has 8 rings (SSSR count). The second-order valence-electron chi connectivity index (χ2n) is 17.9. The summed E-state index contributed by atoms with van der Waals surface area (Å²) in [5, 5.41) is 8.13. The number of pyridine rings is 1. The minimum Gasteiger partial charge on any atom is -0.325 e. The van der Waals surface area contributed by atoms with Crippen LogP contribution in [0, 0.1) is 96.9 Å². The van der Waals surface area contributed by atoms with E-state index in [9.17, 15) is 0 Å². The minimum absolute atomic E-state index is 0.272. The monoisotopic (exact) mass is 843 g/mol. The van der Waals surface area contributed by atoms with Gasteiger partial charge < -0.3 is 13.7 Å². The zero-order chi connectivity index (χ0) is 46.4. The van der Waals surface area contributed by atoms with Gasteiger partial charge in [0.1, 0.15) is 40.2 Å². The Balaban J connectivity index is 0.000000156. The van der Waals surface area contributed by atoms with Gasteiger partial charge in [0, 0.05) is 23.8 Å². The lowest BCUT2D eigenvalue weighted by molar-refractivity contribution is 0.526. The van der Waals surface area contributed by atoms with Crippen molar-refractivity contribution in [3.63, 3.8) is 0 Å². The molecule has 0 spiro atoms. The molecule has 332 valence electrons. The Bertz CT molecular complexity index is 2910. The normalized spacial score (nSPS) is 11.6. The fraction of sp³-hybridized carbons (Fsp3) is 0.542. The van der Waals surface area contributed by atoms with Crippen molar-refractivity contribution in [3.8, 4) is 0 Å². The van der Waals surface area contributed by atoms with Gasteiger partial charge in [0.15, 0.2) is 22.5 Å². The summed E-state index contributed by atoms with van der Waals surface area (Å²) >= 11 is 0. The van der Waals surface area contributed by atoms with E-state index in [1.165, 1.54) is 44.4 Å². The van der Waals surface area contributed by atoms with Gasteiger partial charge in [-0.25, -0.2) is 44.6 Å². The third kappa shape index (κ3) is 8.96. The van der Waals surface area contributed by atoms with Crippen molar-refractivity contribution in [2.75, 3.05) is 0 Å². The number of aromatic nitrogens is 14. The van der Waals surface area contributed by atoms with E-state index >= 15 is 0 Å². The standard InChI is InChI=1S/C15H22N2.C13H19N3.C11H16N4.C9H13N5/c1-8(2)17-13(7)16-14-11(5)9(3)10(4)12(6)15(14)17;1-7(2)16-11(6)15-12-9(4)8(3)10(5)14-13(12)16;1-6(2)15-9(5)14-10-7(3)12-8(4)13-11(10)15;1-5(2)14-9-8(12-13-14)6(3)10-7(4)11-9/h8H,1-7H3;7H,1-6H3;6H,1-5H3;5H,1-4H3. The number of hydrogen-bond acceptors (Lipinski definition) is 10. The van der Waals surface area contributed by atoms with Gasteiger partial charge in [-0.1, -0.05) is 5.21 Å². The number of aryl methyl sites for hydroxylation is 11. The van der Waals surface area contributed by atoms with Crippen molar-refractivity contribution in [2.45, 2.75) is 176 Å². The van der Waals surface area contributed by atoms with Gasteiger partial charge in [-0.3, -0.25) is 0 Å². The highest BCUT2D eigenvalue weighted by Gasteiger charge is 2.19. The van der Waals surface area contributed by atoms with Crippen LogP contribution in [0.5, 0.6) is 0 Å². The molecule has 0 fully saturated rings. The number of nitrogens with zero attached hydrogens (tertiary/aromatic N) is 14. The first-order valence-electron chi connectivity index (χ1n) is 21.9. The zero-order valence-electron chi connectivity index (χ0n) is 41.6. The first-order valence-corrected chi connectivity index (χ1v) is 21.9. The van der Waals surface area contributed by atoms with Crippen LogP contribution >= 0.6 is 0 Å². The van der Waals surface area contributed by atoms with Gasteiger partial charge in [-0.2, -0.15) is 0 Å². The summed E-state index contributed by atoms with van der Waals surface area (Å²) in [6.07, 6.45) is 0. The fourth-order valence-electron chi connectivity index (χ4n) is 8.34. The lowest BCUT2D eigenvalue weighted by Gasteiger charge is -2.15. The summed E-state index contributed by atoms with van der Waals surface area (Å²) in [4.78, 5) is 36.0. The van der Waals surface area contributed by atoms with Crippen LogP contribution in [0.2, 0.25) is 0 Å². The lowest BCUT2D eigenvalue weighted by Crippen LogP contribution is -2.05. The second-order valence-corrected chi connectivity index (χ2v) is 17.9. The molecular weight excluding hydrogens is 773 g/mol. The Morgan fingerprint density at radius 1 is 0.323 bits per heavy atom. The van der Waals surface area contributed by atoms with Crippen molar-refractivity contribution in [2.24, 2.45) is 0 Å². The highest BCUT2D eigenvalue weighted by atomic mass is 15.5. The van der Waals surface area contributed by atoms with E-state index in [0.717, 1.165) is 79.7 Å². The third-order valence-corrected chi connectivity index (χ3v) is 11.9. The zero-order valence-corrected chi connectivity index (χ0v) is 41.6. The first kappa shape index (κ1) is 47.4. The molecule has 14 nitrogen and oxygen atoms in total. The predicted molar refractivity (Wildman–Crippen MR) is 254 cm³/mol. The van der Waals surface area contributed by atoms with E-state index in [1.54, 1.807) is 0 Å². The molecule has 8 aromatic rings. The summed E-state index contributed by atoms with van der Waals surface area (Å²) in [7, 11) is 0. The highest BCUT2D eigenvalue weighted by molar-refractivity contribution is 5.85. The largest absolute Gasteiger partial charge is 0.325 e. The van der Waals surface area contributed by atoms with Gasteiger partial charge in [0.25, 0.3) is 0 Å². The maximum atomic E-state index is 4.76. The van der Waals surface area contributed by atoms with Crippen molar-refractivity contribution < 1.29 is 0 Å². The molecule has 0 aliphatic carbocycles. The molecule has 7 heterocycles. The van der Waals surface area contributed by atoms with Crippen molar-refractivity contribution in [3.05, 3.63) is 79.6 Å². The first-order chi connectivity index (χ1) is 28.9. The molecule has 0 aliphatic heterocycles. The Labute approximate surface area is 368 Å². The maximum absolute atomic E-state index is 4.76. The van der Waals surface area contributed by atoms with Crippen LogP contribution in [-0.2, 0) is 0 Å². The van der Waals surface area contributed by atoms with Crippen LogP contribution in [0.4, 0.5) is 0 Å². The highest BCUT2D eigenvalue weighted by Crippen LogP contribution is 2.31. The van der Waals surface area contributed by atoms with E-state index in [0.29, 0.717) is 18.1 Å². The van der Waals surface area contributed by atoms with E-state index in [2.05, 4.69) is 170 Å². The molecule has 0 unspecified atom stereocenters. The smallest absolute Gasteiger partial charge is 0.182 e. The molecule has 0 aliphatic rings. The molecule has 62 heavy (non-hydrogen) atoms. The van der Waals surface area contributed by atoms with E-state index in [-0.39, 0.29) is 6.04 Å². The molecular formula is C48H70N14. The van der Waals surface area contributed by atoms with E-state index in [1.807, 2.05) is 46.2 Å². The fourth-order valence-corrected chi connectivity index (χ4v) is 8.34. The van der Waals surface area contributed by atoms with Gasteiger partial charge >= 0.3 is 0 Å². The Morgan fingerprint density at radius 2 is 0.742 bits per heavy atom. The molecule has 0 saturated heterocycles. The summed E-state index contributed by atoms with van der Waals surface area (Å²) in [6.45, 7) is 46.1. The number of rotatable bonds is 4. The van der Waals surface area contributed by atoms with Crippen LogP contribution in [0.25, 0.3) is 44.5 Å². The van der Waals surface area contributed by atoms with Crippen LogP contribution in [0.3, 0.4) is 0 Å². The van der Waals surface area contributed by atoms with Crippen molar-refractivity contribution >= 4 is 44.5 Å². The maximum Gasteiger partial charge on any atom is 0.182 e. The van der Waals surface area contributed by atoms with Gasteiger partial charge in [0.2, 0.25) is 0 Å². The molecule has 14 heteroatoms. The predicted octanol–water partition coefficient (Wildman–Crippen LogP) is 11.2. The number of benzene rings is 1. The van der Waals surface area contributed by atoms with Gasteiger partial charge in [-0.15, -0.1) is 5.10 Å². The lowest BCUT2D eigenvalue weighted by atomic mass is 9.97. The number of hydrogen-bond donors (Lipinski definition) is 0. The average molecular weight is 843 g/mol. The molecule has 1 aromatic carbocycles. The quantitative estimate of drug-likeness (QED) is 0.168. The number of fused-ring (bicyclic) bond motifs is 4. The molecule has 0 amide bonds. The molecule has 0 radical (unpaired) electrons.